The number of azide groups is 1. The number of aliphatic hydroxyl groups excluding tert-OH is 1. The maximum absolute atomic E-state index is 13.1. The Morgan fingerprint density at radius 3 is 2.27 bits per heavy atom. The average molecular weight is 549 g/mol. The van der Waals surface area contributed by atoms with Crippen LogP contribution in [0.25, 0.3) is 21.6 Å². The maximum atomic E-state index is 13.1. The maximum Gasteiger partial charge on any atom is 0.336 e. The van der Waals surface area contributed by atoms with E-state index >= 15 is 0 Å². The fourth-order valence-electron chi connectivity index (χ4n) is 4.85. The van der Waals surface area contributed by atoms with Crippen LogP contribution in [0.15, 0.2) is 113 Å². The van der Waals surface area contributed by atoms with Crippen LogP contribution in [0.5, 0.6) is 5.75 Å². The van der Waals surface area contributed by atoms with Crippen LogP contribution in [0.4, 0.5) is 5.69 Å². The van der Waals surface area contributed by atoms with Gasteiger partial charge >= 0.3 is 5.97 Å². The molecule has 206 valence electrons. The zero-order valence-electron chi connectivity index (χ0n) is 22.1. The minimum absolute atomic E-state index is 0.0382. The summed E-state index contributed by atoms with van der Waals surface area (Å²) in [5.74, 6) is -0.362. The van der Waals surface area contributed by atoms with Gasteiger partial charge in [0.1, 0.15) is 5.75 Å². The predicted molar refractivity (Wildman–Crippen MR) is 155 cm³/mol. The molecule has 2 atom stereocenters. The smallest absolute Gasteiger partial charge is 0.336 e. The number of aliphatic hydroxyl groups is 1. The Labute approximate surface area is 237 Å². The van der Waals surface area contributed by atoms with Crippen LogP contribution >= 0.6 is 0 Å². The predicted octanol–water partition coefficient (Wildman–Crippen LogP) is 6.64. The van der Waals surface area contributed by atoms with Gasteiger partial charge in [-0.15, -0.1) is 0 Å². The monoisotopic (exact) mass is 548 g/mol. The van der Waals surface area contributed by atoms with Crippen molar-refractivity contribution in [1.29, 1.82) is 0 Å². The van der Waals surface area contributed by atoms with Gasteiger partial charge in [0, 0.05) is 35.6 Å². The SMILES string of the molecule is [N-]=[N+]=Nc1ccccc1C[C@@]1(C(=O)O)N=C(c2ccc(OCCCO)cc2)O[C@@H]1c1ccc(-c2ccccc2)cc1. The van der Waals surface area contributed by atoms with Crippen molar-refractivity contribution < 1.29 is 24.5 Å². The van der Waals surface area contributed by atoms with Crippen LogP contribution in [0.1, 0.15) is 29.2 Å². The van der Waals surface area contributed by atoms with Gasteiger partial charge in [0.05, 0.1) is 6.61 Å². The van der Waals surface area contributed by atoms with Crippen molar-refractivity contribution in [3.8, 4) is 16.9 Å². The molecule has 0 aromatic heterocycles. The molecule has 41 heavy (non-hydrogen) atoms. The fraction of sp³-hybridized carbons (Fsp3) is 0.188. The third kappa shape index (κ3) is 5.91. The van der Waals surface area contributed by atoms with Crippen molar-refractivity contribution in [1.82, 2.24) is 0 Å². The lowest BCUT2D eigenvalue weighted by Crippen LogP contribution is -2.43. The first-order valence-corrected chi connectivity index (χ1v) is 13.2. The minimum Gasteiger partial charge on any atom is -0.494 e. The molecular weight excluding hydrogens is 520 g/mol. The molecule has 2 N–H and O–H groups in total. The molecule has 0 aliphatic carbocycles. The van der Waals surface area contributed by atoms with Gasteiger partial charge in [-0.25, -0.2) is 9.79 Å². The van der Waals surface area contributed by atoms with Crippen molar-refractivity contribution >= 4 is 17.6 Å². The lowest BCUT2D eigenvalue weighted by Gasteiger charge is -2.28. The topological polar surface area (TPSA) is 137 Å². The number of rotatable bonds is 11. The Morgan fingerprint density at radius 1 is 0.927 bits per heavy atom. The quantitative estimate of drug-likeness (QED) is 0.0937. The van der Waals surface area contributed by atoms with Crippen LogP contribution in [-0.4, -0.2) is 40.8 Å². The second kappa shape index (κ2) is 12.4. The molecule has 0 bridgehead atoms. The lowest BCUT2D eigenvalue weighted by molar-refractivity contribution is -0.146. The molecule has 0 fully saturated rings. The second-order valence-corrected chi connectivity index (χ2v) is 9.58. The second-order valence-electron chi connectivity index (χ2n) is 9.58. The van der Waals surface area contributed by atoms with Crippen LogP contribution < -0.4 is 4.74 Å². The van der Waals surface area contributed by atoms with E-state index in [1.165, 1.54) is 0 Å². The average Bonchev–Trinajstić information content (AvgIpc) is 3.40. The molecule has 0 spiro atoms. The summed E-state index contributed by atoms with van der Waals surface area (Å²) in [5.41, 5.74) is 11.5. The van der Waals surface area contributed by atoms with E-state index in [0.717, 1.165) is 11.1 Å². The molecule has 4 aromatic rings. The van der Waals surface area contributed by atoms with Crippen molar-refractivity contribution in [2.24, 2.45) is 10.1 Å². The van der Waals surface area contributed by atoms with E-state index in [1.54, 1.807) is 48.5 Å². The van der Waals surface area contributed by atoms with Crippen LogP contribution in [-0.2, 0) is 16.0 Å². The molecule has 0 saturated heterocycles. The van der Waals surface area contributed by atoms with Gasteiger partial charge in [0.25, 0.3) is 0 Å². The zero-order chi connectivity index (χ0) is 28.7. The normalized spacial score (nSPS) is 17.7. The Balaban J connectivity index is 1.55. The number of hydrogen-bond donors (Lipinski definition) is 2. The zero-order valence-corrected chi connectivity index (χ0v) is 22.1. The standard InChI is InChI=1S/C32H28N4O5/c33-36-35-28-10-5-4-9-26(28)21-32(31(38)39)29(24-13-11-23(12-14-24)22-7-2-1-3-8-22)41-30(34-32)25-15-17-27(18-16-25)40-20-6-19-37/h1-5,7-18,29,37H,6,19-21H2,(H,38,39)/t29-,32-/m1/s1. The Hall–Kier alpha value is -5.11. The van der Waals surface area contributed by atoms with E-state index in [9.17, 15) is 9.90 Å². The molecule has 1 aliphatic heterocycles. The number of ether oxygens (including phenoxy) is 2. The van der Waals surface area contributed by atoms with Crippen molar-refractivity contribution in [2.75, 3.05) is 13.2 Å². The first-order chi connectivity index (χ1) is 20.0. The summed E-state index contributed by atoms with van der Waals surface area (Å²) in [6.45, 7) is 0.414. The van der Waals surface area contributed by atoms with E-state index in [-0.39, 0.29) is 18.9 Å². The molecule has 1 heterocycles. The molecule has 0 radical (unpaired) electrons. The van der Waals surface area contributed by atoms with Gasteiger partial charge in [-0.3, -0.25) is 0 Å². The Bertz CT molecular complexity index is 1580. The third-order valence-corrected chi connectivity index (χ3v) is 6.93. The first-order valence-electron chi connectivity index (χ1n) is 13.2. The van der Waals surface area contributed by atoms with Gasteiger partial charge in [-0.2, -0.15) is 0 Å². The summed E-state index contributed by atoms with van der Waals surface area (Å²) in [6.07, 6.45) is -0.505. The summed E-state index contributed by atoms with van der Waals surface area (Å²) < 4.78 is 12.0. The van der Waals surface area contributed by atoms with Gasteiger partial charge in [-0.05, 0) is 52.1 Å². The Morgan fingerprint density at radius 2 is 1.59 bits per heavy atom. The van der Waals surface area contributed by atoms with E-state index in [1.807, 2.05) is 54.6 Å². The van der Waals surface area contributed by atoms with E-state index in [0.29, 0.717) is 41.2 Å². The fourth-order valence-corrected chi connectivity index (χ4v) is 4.85. The Kier molecular flexibility index (Phi) is 8.29. The molecule has 4 aromatic carbocycles. The van der Waals surface area contributed by atoms with Gasteiger partial charge in [-0.1, -0.05) is 84.0 Å². The molecule has 0 saturated carbocycles. The number of carboxylic acid groups (broad SMARTS) is 1. The molecule has 5 rings (SSSR count). The largest absolute Gasteiger partial charge is 0.494 e. The minimum atomic E-state index is -1.74. The number of benzene rings is 4. The van der Waals surface area contributed by atoms with Crippen LogP contribution in [0.3, 0.4) is 0 Å². The van der Waals surface area contributed by atoms with E-state index < -0.39 is 17.6 Å². The van der Waals surface area contributed by atoms with E-state index in [2.05, 4.69) is 10.0 Å². The summed E-state index contributed by atoms with van der Waals surface area (Å²) in [4.78, 5) is 20.7. The number of carbonyl (C=O) groups is 1. The summed E-state index contributed by atoms with van der Waals surface area (Å²) in [7, 11) is 0. The van der Waals surface area contributed by atoms with Gasteiger partial charge in [0.15, 0.2) is 6.10 Å². The molecule has 9 nitrogen and oxygen atoms in total. The van der Waals surface area contributed by atoms with Crippen LogP contribution in [0, 0.1) is 0 Å². The van der Waals surface area contributed by atoms with E-state index in [4.69, 9.17) is 25.1 Å². The first kappa shape index (κ1) is 27.5. The number of hydrogen-bond acceptors (Lipinski definition) is 6. The highest BCUT2D eigenvalue weighted by molar-refractivity contribution is 5.99. The third-order valence-electron chi connectivity index (χ3n) is 6.93. The molecule has 9 heteroatoms. The van der Waals surface area contributed by atoms with Crippen molar-refractivity contribution in [2.45, 2.75) is 24.5 Å². The highest BCUT2D eigenvalue weighted by Crippen LogP contribution is 2.44. The van der Waals surface area contributed by atoms with Crippen LogP contribution in [0.2, 0.25) is 0 Å². The summed E-state index contributed by atoms with van der Waals surface area (Å²) in [5, 5.41) is 23.5. The number of aliphatic carboxylic acids is 1. The molecule has 0 amide bonds. The number of carboxylic acids is 1. The highest BCUT2D eigenvalue weighted by Gasteiger charge is 2.54. The van der Waals surface area contributed by atoms with Gasteiger partial charge < -0.3 is 19.7 Å². The van der Waals surface area contributed by atoms with Crippen molar-refractivity contribution in [3.05, 3.63) is 130 Å². The highest BCUT2D eigenvalue weighted by atomic mass is 16.5. The van der Waals surface area contributed by atoms with Gasteiger partial charge in [0.2, 0.25) is 11.4 Å². The van der Waals surface area contributed by atoms with Crippen molar-refractivity contribution in [3.63, 3.8) is 0 Å². The molecule has 0 unspecified atom stereocenters. The number of nitrogens with zero attached hydrogens (tertiary/aromatic N) is 4. The lowest BCUT2D eigenvalue weighted by atomic mass is 9.82. The molecule has 1 aliphatic rings. The summed E-state index contributed by atoms with van der Waals surface area (Å²) >= 11 is 0. The number of aliphatic imine (C=N–C) groups is 1. The summed E-state index contributed by atoms with van der Waals surface area (Å²) in [6, 6.07) is 31.4. The molecular formula is C32H28N4O5.